The van der Waals surface area contributed by atoms with Gasteiger partial charge in [-0.15, -0.1) is 18.3 Å². The second kappa shape index (κ2) is 5.84. The van der Waals surface area contributed by atoms with Crippen molar-refractivity contribution in [3.8, 4) is 0 Å². The average molecular weight is 193 g/mol. The van der Waals surface area contributed by atoms with Gasteiger partial charge in [-0.3, -0.25) is 0 Å². The molecule has 0 aromatic heterocycles. The summed E-state index contributed by atoms with van der Waals surface area (Å²) in [6, 6.07) is 8.40. The zero-order valence-corrected chi connectivity index (χ0v) is 8.52. The Morgan fingerprint density at radius 1 is 1.31 bits per heavy atom. The SMILES string of the molecule is C=CCCSc1ccc(CN)cc1. The first-order valence-corrected chi connectivity index (χ1v) is 5.38. The number of rotatable bonds is 5. The quantitative estimate of drug-likeness (QED) is 0.442. The largest absolute Gasteiger partial charge is 0.326 e. The molecule has 2 N–H and O–H groups in total. The van der Waals surface area contributed by atoms with Gasteiger partial charge in [-0.05, 0) is 24.1 Å². The highest BCUT2D eigenvalue weighted by atomic mass is 32.2. The third-order valence-electron chi connectivity index (χ3n) is 1.75. The van der Waals surface area contributed by atoms with Gasteiger partial charge in [0.15, 0.2) is 0 Å². The van der Waals surface area contributed by atoms with Gasteiger partial charge in [-0.1, -0.05) is 18.2 Å². The second-order valence-electron chi connectivity index (χ2n) is 2.77. The van der Waals surface area contributed by atoms with E-state index in [9.17, 15) is 0 Å². The summed E-state index contributed by atoms with van der Waals surface area (Å²) in [6.45, 7) is 4.31. The van der Waals surface area contributed by atoms with E-state index in [1.807, 2.05) is 17.8 Å². The molecule has 70 valence electrons. The molecular formula is C11H15NS. The van der Waals surface area contributed by atoms with Gasteiger partial charge in [0, 0.05) is 17.2 Å². The highest BCUT2D eigenvalue weighted by molar-refractivity contribution is 7.99. The van der Waals surface area contributed by atoms with Crippen molar-refractivity contribution in [2.45, 2.75) is 17.9 Å². The van der Waals surface area contributed by atoms with Crippen LogP contribution >= 0.6 is 11.8 Å². The molecule has 1 aromatic rings. The van der Waals surface area contributed by atoms with Gasteiger partial charge >= 0.3 is 0 Å². The molecule has 0 heterocycles. The van der Waals surface area contributed by atoms with Crippen LogP contribution in [0, 0.1) is 0 Å². The predicted molar refractivity (Wildman–Crippen MR) is 59.9 cm³/mol. The lowest BCUT2D eigenvalue weighted by Gasteiger charge is -2.00. The molecule has 2 heteroatoms. The van der Waals surface area contributed by atoms with E-state index in [4.69, 9.17) is 5.73 Å². The molecule has 0 atom stereocenters. The van der Waals surface area contributed by atoms with Crippen LogP contribution in [0.4, 0.5) is 0 Å². The van der Waals surface area contributed by atoms with Crippen molar-refractivity contribution in [3.05, 3.63) is 42.5 Å². The molecule has 0 aliphatic carbocycles. The Morgan fingerprint density at radius 2 is 2.00 bits per heavy atom. The summed E-state index contributed by atoms with van der Waals surface area (Å²) in [5.74, 6) is 1.10. The number of nitrogens with two attached hydrogens (primary N) is 1. The first-order chi connectivity index (χ1) is 6.36. The van der Waals surface area contributed by atoms with Crippen LogP contribution in [0.2, 0.25) is 0 Å². The molecule has 1 nitrogen and oxygen atoms in total. The lowest BCUT2D eigenvalue weighted by molar-refractivity contribution is 1.07. The number of allylic oxidation sites excluding steroid dienone is 1. The minimum Gasteiger partial charge on any atom is -0.326 e. The van der Waals surface area contributed by atoms with Crippen molar-refractivity contribution < 1.29 is 0 Å². The molecule has 0 aliphatic rings. The van der Waals surface area contributed by atoms with Gasteiger partial charge in [0.25, 0.3) is 0 Å². The number of hydrogen-bond acceptors (Lipinski definition) is 2. The smallest absolute Gasteiger partial charge is 0.0178 e. The normalized spacial score (nSPS) is 9.92. The van der Waals surface area contributed by atoms with Crippen molar-refractivity contribution in [3.63, 3.8) is 0 Å². The molecule has 0 unspecified atom stereocenters. The molecule has 0 amide bonds. The third-order valence-corrected chi connectivity index (χ3v) is 2.80. The molecule has 1 aromatic carbocycles. The van der Waals surface area contributed by atoms with Gasteiger partial charge in [0.05, 0.1) is 0 Å². The topological polar surface area (TPSA) is 26.0 Å². The van der Waals surface area contributed by atoms with Crippen LogP contribution in [-0.2, 0) is 6.54 Å². The maximum Gasteiger partial charge on any atom is 0.0178 e. The summed E-state index contributed by atoms with van der Waals surface area (Å²) in [4.78, 5) is 1.30. The second-order valence-corrected chi connectivity index (χ2v) is 3.94. The van der Waals surface area contributed by atoms with E-state index >= 15 is 0 Å². The fraction of sp³-hybridized carbons (Fsp3) is 0.273. The number of thioether (sulfide) groups is 1. The van der Waals surface area contributed by atoms with Crippen molar-refractivity contribution >= 4 is 11.8 Å². The van der Waals surface area contributed by atoms with Gasteiger partial charge in [-0.25, -0.2) is 0 Å². The Kier molecular flexibility index (Phi) is 4.65. The molecule has 0 radical (unpaired) electrons. The molecule has 13 heavy (non-hydrogen) atoms. The Morgan fingerprint density at radius 3 is 2.54 bits per heavy atom. The van der Waals surface area contributed by atoms with E-state index in [1.54, 1.807) is 0 Å². The van der Waals surface area contributed by atoms with E-state index in [2.05, 4.69) is 30.8 Å². The van der Waals surface area contributed by atoms with Gasteiger partial charge < -0.3 is 5.73 Å². The third kappa shape index (κ3) is 3.66. The molecule has 0 aliphatic heterocycles. The Labute approximate surface area is 84.0 Å². The minimum absolute atomic E-state index is 0.623. The molecule has 1 rings (SSSR count). The maximum atomic E-state index is 5.50. The van der Waals surface area contributed by atoms with Crippen LogP contribution in [-0.4, -0.2) is 5.75 Å². The predicted octanol–water partition coefficient (Wildman–Crippen LogP) is 2.81. The highest BCUT2D eigenvalue weighted by Gasteiger charge is 1.92. The molecule has 0 bridgehead atoms. The van der Waals surface area contributed by atoms with Crippen LogP contribution in [0.25, 0.3) is 0 Å². The molecular weight excluding hydrogens is 178 g/mol. The van der Waals surface area contributed by atoms with Crippen LogP contribution in [0.1, 0.15) is 12.0 Å². The van der Waals surface area contributed by atoms with E-state index in [0.717, 1.165) is 12.2 Å². The van der Waals surface area contributed by atoms with Gasteiger partial charge in [-0.2, -0.15) is 0 Å². The molecule has 0 saturated carbocycles. The molecule has 0 fully saturated rings. The van der Waals surface area contributed by atoms with Crippen LogP contribution in [0.5, 0.6) is 0 Å². The zero-order valence-electron chi connectivity index (χ0n) is 7.70. The van der Waals surface area contributed by atoms with Crippen LogP contribution in [0.15, 0.2) is 41.8 Å². The average Bonchev–Trinajstić information content (AvgIpc) is 2.19. The summed E-state index contributed by atoms with van der Waals surface area (Å²) >= 11 is 1.85. The summed E-state index contributed by atoms with van der Waals surface area (Å²) in [5.41, 5.74) is 6.69. The van der Waals surface area contributed by atoms with Crippen molar-refractivity contribution in [1.29, 1.82) is 0 Å². The maximum absolute atomic E-state index is 5.50. The van der Waals surface area contributed by atoms with Gasteiger partial charge in [0.1, 0.15) is 0 Å². The van der Waals surface area contributed by atoms with Crippen LogP contribution in [0.3, 0.4) is 0 Å². The Hall–Kier alpha value is -0.730. The molecule has 0 spiro atoms. The lowest BCUT2D eigenvalue weighted by Crippen LogP contribution is -1.94. The number of benzene rings is 1. The summed E-state index contributed by atoms with van der Waals surface area (Å²) in [6.07, 6.45) is 3.00. The highest BCUT2D eigenvalue weighted by Crippen LogP contribution is 2.18. The fourth-order valence-electron chi connectivity index (χ4n) is 0.982. The first-order valence-electron chi connectivity index (χ1n) is 4.39. The fourth-order valence-corrected chi connectivity index (χ4v) is 1.83. The van der Waals surface area contributed by atoms with Crippen molar-refractivity contribution in [2.75, 3.05) is 5.75 Å². The standard InChI is InChI=1S/C11H15NS/c1-2-3-8-13-11-6-4-10(9-12)5-7-11/h2,4-7H,1,3,8-9,12H2. The Bertz CT molecular complexity index is 253. The first kappa shape index (κ1) is 10.4. The zero-order chi connectivity index (χ0) is 9.52. The van der Waals surface area contributed by atoms with E-state index in [0.29, 0.717) is 6.54 Å². The van der Waals surface area contributed by atoms with E-state index in [1.165, 1.54) is 10.5 Å². The van der Waals surface area contributed by atoms with Crippen molar-refractivity contribution in [2.24, 2.45) is 5.73 Å². The Balaban J connectivity index is 2.44. The molecule has 0 saturated heterocycles. The summed E-state index contributed by atoms with van der Waals surface area (Å²) < 4.78 is 0. The van der Waals surface area contributed by atoms with E-state index < -0.39 is 0 Å². The van der Waals surface area contributed by atoms with Crippen LogP contribution < -0.4 is 5.73 Å². The van der Waals surface area contributed by atoms with E-state index in [-0.39, 0.29) is 0 Å². The monoisotopic (exact) mass is 193 g/mol. The number of hydrogen-bond donors (Lipinski definition) is 1. The summed E-state index contributed by atoms with van der Waals surface area (Å²) in [5, 5.41) is 0. The lowest BCUT2D eigenvalue weighted by atomic mass is 10.2. The van der Waals surface area contributed by atoms with Gasteiger partial charge in [0.2, 0.25) is 0 Å². The minimum atomic E-state index is 0.623. The van der Waals surface area contributed by atoms with Crippen molar-refractivity contribution in [1.82, 2.24) is 0 Å². The summed E-state index contributed by atoms with van der Waals surface area (Å²) in [7, 11) is 0.